The number of primary amides is 1. The third kappa shape index (κ3) is 7.32. The minimum Gasteiger partial charge on any atom is -0.450 e. The SMILES string of the molecule is CCOC(=O)NC1CC(CC(C)(C)C)CN(CC(N)=O)C1. The largest absolute Gasteiger partial charge is 0.450 e. The van der Waals surface area contributed by atoms with E-state index in [1.165, 1.54) is 0 Å². The molecule has 0 spiro atoms. The van der Waals surface area contributed by atoms with E-state index in [9.17, 15) is 9.59 Å². The summed E-state index contributed by atoms with van der Waals surface area (Å²) >= 11 is 0. The second-order valence-electron chi connectivity index (χ2n) is 7.09. The first-order chi connectivity index (χ1) is 9.69. The van der Waals surface area contributed by atoms with Gasteiger partial charge in [0.15, 0.2) is 0 Å². The molecular formula is C15H29N3O3. The number of ether oxygens (including phenoxy) is 1. The number of rotatable bonds is 5. The van der Waals surface area contributed by atoms with Crippen molar-refractivity contribution < 1.29 is 14.3 Å². The molecule has 0 aliphatic carbocycles. The van der Waals surface area contributed by atoms with Crippen molar-refractivity contribution in [3.8, 4) is 0 Å². The number of likely N-dealkylation sites (tertiary alicyclic amines) is 1. The van der Waals surface area contributed by atoms with Gasteiger partial charge in [-0.3, -0.25) is 9.69 Å². The maximum absolute atomic E-state index is 11.6. The van der Waals surface area contributed by atoms with Gasteiger partial charge < -0.3 is 15.8 Å². The Bertz CT molecular complexity index is 366. The first-order valence-electron chi connectivity index (χ1n) is 7.63. The highest BCUT2D eigenvalue weighted by Gasteiger charge is 2.31. The van der Waals surface area contributed by atoms with Crippen LogP contribution in [0.25, 0.3) is 0 Å². The lowest BCUT2D eigenvalue weighted by Crippen LogP contribution is -2.53. The summed E-state index contributed by atoms with van der Waals surface area (Å²) in [6.07, 6.45) is 1.56. The molecule has 1 heterocycles. The molecule has 6 heteroatoms. The molecule has 1 fully saturated rings. The van der Waals surface area contributed by atoms with E-state index in [4.69, 9.17) is 10.5 Å². The van der Waals surface area contributed by atoms with Crippen LogP contribution in [0.1, 0.15) is 40.5 Å². The molecule has 0 radical (unpaired) electrons. The number of nitrogens with two attached hydrogens (primary N) is 1. The molecule has 0 aromatic carbocycles. The van der Waals surface area contributed by atoms with Gasteiger partial charge in [0.25, 0.3) is 0 Å². The number of hydrogen-bond donors (Lipinski definition) is 2. The van der Waals surface area contributed by atoms with E-state index < -0.39 is 6.09 Å². The van der Waals surface area contributed by atoms with Gasteiger partial charge in [-0.25, -0.2) is 4.79 Å². The van der Waals surface area contributed by atoms with E-state index in [1.807, 2.05) is 4.90 Å². The molecule has 1 rings (SSSR count). The Labute approximate surface area is 127 Å². The highest BCUT2D eigenvalue weighted by atomic mass is 16.5. The van der Waals surface area contributed by atoms with Crippen molar-refractivity contribution >= 4 is 12.0 Å². The Morgan fingerprint density at radius 2 is 2.00 bits per heavy atom. The molecule has 1 saturated heterocycles. The van der Waals surface area contributed by atoms with Gasteiger partial charge in [0, 0.05) is 19.1 Å². The normalized spacial score (nSPS) is 23.6. The number of nitrogens with one attached hydrogen (secondary N) is 1. The van der Waals surface area contributed by atoms with Crippen LogP contribution in [0.5, 0.6) is 0 Å². The topological polar surface area (TPSA) is 84.7 Å². The average molecular weight is 299 g/mol. The van der Waals surface area contributed by atoms with Crippen LogP contribution in [0.2, 0.25) is 0 Å². The quantitative estimate of drug-likeness (QED) is 0.802. The molecule has 2 unspecified atom stereocenters. The van der Waals surface area contributed by atoms with Crippen molar-refractivity contribution in [2.75, 3.05) is 26.2 Å². The predicted molar refractivity (Wildman–Crippen MR) is 81.8 cm³/mol. The third-order valence-electron chi connectivity index (χ3n) is 3.49. The van der Waals surface area contributed by atoms with Gasteiger partial charge in [-0.05, 0) is 31.1 Å². The molecule has 1 aliphatic heterocycles. The minimum absolute atomic E-state index is 0.00417. The molecule has 2 amide bonds. The first-order valence-corrected chi connectivity index (χ1v) is 7.63. The Hall–Kier alpha value is -1.30. The zero-order valence-electron chi connectivity index (χ0n) is 13.6. The fourth-order valence-corrected chi connectivity index (χ4v) is 3.11. The molecule has 6 nitrogen and oxygen atoms in total. The van der Waals surface area contributed by atoms with E-state index in [2.05, 4.69) is 26.1 Å². The van der Waals surface area contributed by atoms with Crippen molar-refractivity contribution in [2.45, 2.75) is 46.6 Å². The van der Waals surface area contributed by atoms with Gasteiger partial charge in [-0.2, -0.15) is 0 Å². The van der Waals surface area contributed by atoms with Crippen LogP contribution < -0.4 is 11.1 Å². The molecule has 0 saturated carbocycles. The van der Waals surface area contributed by atoms with E-state index >= 15 is 0 Å². The number of carbonyl (C=O) groups is 2. The number of hydrogen-bond acceptors (Lipinski definition) is 4. The maximum Gasteiger partial charge on any atom is 0.407 e. The summed E-state index contributed by atoms with van der Waals surface area (Å²) in [4.78, 5) is 24.8. The van der Waals surface area contributed by atoms with Gasteiger partial charge in [0.05, 0.1) is 13.2 Å². The lowest BCUT2D eigenvalue weighted by Gasteiger charge is -2.39. The van der Waals surface area contributed by atoms with E-state index in [-0.39, 0.29) is 23.9 Å². The van der Waals surface area contributed by atoms with E-state index in [0.29, 0.717) is 19.1 Å². The summed E-state index contributed by atoms with van der Waals surface area (Å²) < 4.78 is 4.94. The first kappa shape index (κ1) is 17.8. The number of nitrogens with zero attached hydrogens (tertiary/aromatic N) is 1. The molecule has 0 bridgehead atoms. The number of alkyl carbamates (subject to hydrolysis) is 1. The van der Waals surface area contributed by atoms with Crippen molar-refractivity contribution in [2.24, 2.45) is 17.1 Å². The van der Waals surface area contributed by atoms with Gasteiger partial charge in [0.2, 0.25) is 5.91 Å². The van der Waals surface area contributed by atoms with E-state index in [0.717, 1.165) is 19.4 Å². The summed E-state index contributed by atoms with van der Waals surface area (Å²) in [6, 6.07) is 0.00417. The van der Waals surface area contributed by atoms with Crippen molar-refractivity contribution in [1.82, 2.24) is 10.2 Å². The zero-order chi connectivity index (χ0) is 16.0. The van der Waals surface area contributed by atoms with Gasteiger partial charge in [-0.15, -0.1) is 0 Å². The third-order valence-corrected chi connectivity index (χ3v) is 3.49. The zero-order valence-corrected chi connectivity index (χ0v) is 13.6. The second kappa shape index (κ2) is 7.64. The molecule has 1 aliphatic rings. The van der Waals surface area contributed by atoms with Crippen molar-refractivity contribution in [3.63, 3.8) is 0 Å². The molecule has 21 heavy (non-hydrogen) atoms. The Morgan fingerprint density at radius 1 is 1.33 bits per heavy atom. The van der Waals surface area contributed by atoms with Gasteiger partial charge in [0.1, 0.15) is 0 Å². The van der Waals surface area contributed by atoms with Crippen LogP contribution in [0.4, 0.5) is 4.79 Å². The van der Waals surface area contributed by atoms with Gasteiger partial charge >= 0.3 is 6.09 Å². The molecule has 0 aromatic rings. The van der Waals surface area contributed by atoms with Crippen LogP contribution in [-0.4, -0.2) is 49.2 Å². The number of carbonyl (C=O) groups excluding carboxylic acids is 2. The van der Waals surface area contributed by atoms with Crippen molar-refractivity contribution in [3.05, 3.63) is 0 Å². The maximum atomic E-state index is 11.6. The Morgan fingerprint density at radius 3 is 2.52 bits per heavy atom. The van der Waals surface area contributed by atoms with E-state index in [1.54, 1.807) is 6.92 Å². The van der Waals surface area contributed by atoms with Crippen LogP contribution >= 0.6 is 0 Å². The molecule has 122 valence electrons. The molecule has 3 N–H and O–H groups in total. The van der Waals surface area contributed by atoms with Crippen LogP contribution in [0.15, 0.2) is 0 Å². The lowest BCUT2D eigenvalue weighted by molar-refractivity contribution is -0.119. The minimum atomic E-state index is -0.391. The van der Waals surface area contributed by atoms with Crippen LogP contribution in [0.3, 0.4) is 0 Å². The molecule has 2 atom stereocenters. The van der Waals surface area contributed by atoms with Crippen LogP contribution in [0, 0.1) is 11.3 Å². The molecular weight excluding hydrogens is 270 g/mol. The van der Waals surface area contributed by atoms with Crippen LogP contribution in [-0.2, 0) is 9.53 Å². The summed E-state index contributed by atoms with van der Waals surface area (Å²) in [5.41, 5.74) is 5.51. The fourth-order valence-electron chi connectivity index (χ4n) is 3.11. The summed E-state index contributed by atoms with van der Waals surface area (Å²) in [5.74, 6) is 0.103. The fraction of sp³-hybridized carbons (Fsp3) is 0.867. The Balaban J connectivity index is 2.65. The average Bonchev–Trinajstić information content (AvgIpc) is 2.24. The summed E-state index contributed by atoms with van der Waals surface area (Å²) in [7, 11) is 0. The number of amides is 2. The monoisotopic (exact) mass is 299 g/mol. The highest BCUT2D eigenvalue weighted by molar-refractivity contribution is 5.76. The summed E-state index contributed by atoms with van der Waals surface area (Å²) in [5, 5.41) is 2.88. The molecule has 0 aromatic heterocycles. The Kier molecular flexibility index (Phi) is 6.45. The predicted octanol–water partition coefficient (Wildman–Crippen LogP) is 1.34. The van der Waals surface area contributed by atoms with Crippen molar-refractivity contribution in [1.29, 1.82) is 0 Å². The smallest absolute Gasteiger partial charge is 0.407 e. The lowest BCUT2D eigenvalue weighted by atomic mass is 9.80. The standard InChI is InChI=1S/C15H29N3O3/c1-5-21-14(20)17-12-6-11(7-15(2,3)4)8-18(9-12)10-13(16)19/h11-12H,5-10H2,1-4H3,(H2,16,19)(H,17,20). The highest BCUT2D eigenvalue weighted by Crippen LogP contribution is 2.30. The summed E-state index contributed by atoms with van der Waals surface area (Å²) in [6.45, 7) is 10.5. The van der Waals surface area contributed by atoms with Gasteiger partial charge in [-0.1, -0.05) is 20.8 Å². The second-order valence-corrected chi connectivity index (χ2v) is 7.09. The number of piperidine rings is 1.